The average molecular weight is 364 g/mol. The van der Waals surface area contributed by atoms with Crippen molar-refractivity contribution in [2.75, 3.05) is 13.1 Å². The van der Waals surface area contributed by atoms with E-state index >= 15 is 0 Å². The van der Waals surface area contributed by atoms with Gasteiger partial charge in [-0.05, 0) is 67.8 Å². The Labute approximate surface area is 157 Å². The lowest BCUT2D eigenvalue weighted by molar-refractivity contribution is 0.308. The third-order valence-corrected chi connectivity index (χ3v) is 6.06. The maximum absolute atomic E-state index is 13.7. The van der Waals surface area contributed by atoms with E-state index in [0.29, 0.717) is 11.5 Å². The molecule has 2 atom stereocenters. The third kappa shape index (κ3) is 2.62. The summed E-state index contributed by atoms with van der Waals surface area (Å²) in [5.74, 6) is -1.02. The van der Waals surface area contributed by atoms with Crippen LogP contribution in [0.25, 0.3) is 22.7 Å². The van der Waals surface area contributed by atoms with E-state index in [0.717, 1.165) is 25.2 Å². The van der Waals surface area contributed by atoms with Gasteiger partial charge in [-0.2, -0.15) is 0 Å². The van der Waals surface area contributed by atoms with Crippen LogP contribution in [0.5, 0.6) is 0 Å². The van der Waals surface area contributed by atoms with Gasteiger partial charge in [-0.15, -0.1) is 0 Å². The van der Waals surface area contributed by atoms with E-state index in [1.165, 1.54) is 46.3 Å². The summed E-state index contributed by atoms with van der Waals surface area (Å²) in [6.07, 6.45) is 3.29. The number of nitrogens with zero attached hydrogens (tertiary/aromatic N) is 2. The molecule has 0 N–H and O–H groups in total. The fourth-order valence-corrected chi connectivity index (χ4v) is 4.70. The molecule has 1 fully saturated rings. The predicted octanol–water partition coefficient (Wildman–Crippen LogP) is 5.55. The van der Waals surface area contributed by atoms with Crippen LogP contribution in [0.1, 0.15) is 41.6 Å². The molecule has 3 heterocycles. The maximum atomic E-state index is 13.7. The molecular formula is C23H22F2N2. The zero-order chi connectivity index (χ0) is 18.7. The van der Waals surface area contributed by atoms with Gasteiger partial charge in [0.15, 0.2) is 11.6 Å². The molecule has 1 aromatic heterocycles. The molecule has 27 heavy (non-hydrogen) atoms. The number of benzene rings is 2. The molecule has 2 bridgehead atoms. The maximum Gasteiger partial charge on any atom is 0.159 e. The smallest absolute Gasteiger partial charge is 0.159 e. The normalized spacial score (nSPS) is 21.7. The lowest BCUT2D eigenvalue weighted by Gasteiger charge is -2.24. The first-order valence-electron chi connectivity index (χ1n) is 9.51. The van der Waals surface area contributed by atoms with Gasteiger partial charge in [0.1, 0.15) is 0 Å². The number of fused-ring (bicyclic) bond motifs is 6. The van der Waals surface area contributed by atoms with Gasteiger partial charge >= 0.3 is 0 Å². The second kappa shape index (κ2) is 6.03. The van der Waals surface area contributed by atoms with Crippen LogP contribution in [0.15, 0.2) is 36.4 Å². The number of hydrogen-bond acceptors (Lipinski definition) is 1. The topological polar surface area (TPSA) is 8.17 Å². The van der Waals surface area contributed by atoms with Crippen LogP contribution in [-0.4, -0.2) is 22.6 Å². The molecule has 0 aliphatic carbocycles. The number of hydrogen-bond donors (Lipinski definition) is 0. The van der Waals surface area contributed by atoms with Gasteiger partial charge in [-0.3, -0.25) is 4.90 Å². The molecule has 1 saturated heterocycles. The van der Waals surface area contributed by atoms with E-state index in [2.05, 4.69) is 40.8 Å². The van der Waals surface area contributed by atoms with E-state index in [4.69, 9.17) is 0 Å². The molecule has 4 heteroatoms. The van der Waals surface area contributed by atoms with Crippen LogP contribution in [-0.2, 0) is 6.54 Å². The second-order valence-electron chi connectivity index (χ2n) is 7.91. The van der Waals surface area contributed by atoms with Crippen molar-refractivity contribution in [3.8, 4) is 0 Å². The molecule has 2 aliphatic rings. The zero-order valence-corrected chi connectivity index (χ0v) is 15.6. The molecule has 0 saturated carbocycles. The highest BCUT2D eigenvalue weighted by atomic mass is 19.2. The summed E-state index contributed by atoms with van der Waals surface area (Å²) in [5, 5.41) is 1.34. The van der Waals surface area contributed by atoms with Crippen molar-refractivity contribution in [3.63, 3.8) is 0 Å². The minimum Gasteiger partial charge on any atom is -0.318 e. The molecule has 2 aliphatic heterocycles. The number of rotatable bonds is 2. The lowest BCUT2D eigenvalue weighted by Crippen LogP contribution is -2.25. The highest BCUT2D eigenvalue weighted by Crippen LogP contribution is 2.42. The number of aromatic nitrogens is 1. The predicted molar refractivity (Wildman–Crippen MR) is 106 cm³/mol. The summed E-state index contributed by atoms with van der Waals surface area (Å²) in [6.45, 7) is 7.33. The van der Waals surface area contributed by atoms with Crippen LogP contribution in [0.3, 0.4) is 0 Å². The van der Waals surface area contributed by atoms with Crippen LogP contribution in [0, 0.1) is 18.6 Å². The van der Waals surface area contributed by atoms with Crippen LogP contribution in [0.2, 0.25) is 0 Å². The Balaban J connectivity index is 1.71. The summed E-state index contributed by atoms with van der Waals surface area (Å²) < 4.78 is 29.3. The van der Waals surface area contributed by atoms with Gasteiger partial charge in [0.25, 0.3) is 0 Å². The zero-order valence-electron chi connectivity index (χ0n) is 15.6. The Hall–Kier alpha value is -2.46. The molecule has 2 aromatic carbocycles. The third-order valence-electron chi connectivity index (χ3n) is 6.06. The van der Waals surface area contributed by atoms with Gasteiger partial charge < -0.3 is 4.57 Å². The van der Waals surface area contributed by atoms with E-state index in [9.17, 15) is 8.78 Å². The summed E-state index contributed by atoms with van der Waals surface area (Å²) >= 11 is 0. The Morgan fingerprint density at radius 2 is 1.96 bits per heavy atom. The van der Waals surface area contributed by atoms with Crippen molar-refractivity contribution in [2.45, 2.75) is 32.7 Å². The van der Waals surface area contributed by atoms with Crippen molar-refractivity contribution in [1.82, 2.24) is 9.47 Å². The van der Waals surface area contributed by atoms with Crippen LogP contribution >= 0.6 is 0 Å². The van der Waals surface area contributed by atoms with Crippen LogP contribution < -0.4 is 0 Å². The van der Waals surface area contributed by atoms with E-state index < -0.39 is 11.6 Å². The minimum atomic E-state index is -0.810. The van der Waals surface area contributed by atoms with Crippen LogP contribution in [0.4, 0.5) is 8.78 Å². The SMILES string of the molecule is C/C(=C\n1c2c(c3cc(C)ccc31)C1CCN(C2)C1)c1ccc(F)c(F)c1. The van der Waals surface area contributed by atoms with Crippen molar-refractivity contribution in [1.29, 1.82) is 0 Å². The van der Waals surface area contributed by atoms with E-state index in [1.807, 2.05) is 6.92 Å². The summed E-state index contributed by atoms with van der Waals surface area (Å²) in [4.78, 5) is 2.51. The Morgan fingerprint density at radius 1 is 1.11 bits per heavy atom. The first-order valence-corrected chi connectivity index (χ1v) is 9.51. The Bertz CT molecular complexity index is 1090. The second-order valence-corrected chi connectivity index (χ2v) is 7.91. The Morgan fingerprint density at radius 3 is 2.78 bits per heavy atom. The van der Waals surface area contributed by atoms with Gasteiger partial charge in [0.05, 0.1) is 5.52 Å². The molecule has 0 spiro atoms. The monoisotopic (exact) mass is 364 g/mol. The van der Waals surface area contributed by atoms with Gasteiger partial charge in [-0.25, -0.2) is 8.78 Å². The fourth-order valence-electron chi connectivity index (χ4n) is 4.70. The van der Waals surface area contributed by atoms with Crippen molar-refractivity contribution < 1.29 is 8.78 Å². The highest BCUT2D eigenvalue weighted by Gasteiger charge is 2.35. The van der Waals surface area contributed by atoms with Gasteiger partial charge in [-0.1, -0.05) is 17.7 Å². The number of allylic oxidation sites excluding steroid dienone is 1. The molecule has 5 rings (SSSR count). The number of aryl methyl sites for hydroxylation is 1. The van der Waals surface area contributed by atoms with Gasteiger partial charge in [0.2, 0.25) is 0 Å². The number of halogens is 2. The molecule has 3 aromatic rings. The summed E-state index contributed by atoms with van der Waals surface area (Å²) in [7, 11) is 0. The molecular weight excluding hydrogens is 342 g/mol. The van der Waals surface area contributed by atoms with Crippen molar-refractivity contribution in [2.24, 2.45) is 0 Å². The molecule has 0 amide bonds. The minimum absolute atomic E-state index is 0.594. The first-order chi connectivity index (χ1) is 13.0. The van der Waals surface area contributed by atoms with Gasteiger partial charge in [0, 0.05) is 36.3 Å². The lowest BCUT2D eigenvalue weighted by atomic mass is 9.93. The van der Waals surface area contributed by atoms with Crippen molar-refractivity contribution in [3.05, 3.63) is 70.4 Å². The largest absolute Gasteiger partial charge is 0.318 e. The molecule has 2 unspecified atom stereocenters. The van der Waals surface area contributed by atoms with E-state index in [1.54, 1.807) is 6.07 Å². The van der Waals surface area contributed by atoms with E-state index in [-0.39, 0.29) is 0 Å². The highest BCUT2D eigenvalue weighted by molar-refractivity contribution is 5.91. The molecule has 138 valence electrons. The Kier molecular flexibility index (Phi) is 3.73. The summed E-state index contributed by atoms with van der Waals surface area (Å²) in [5.41, 5.74) is 6.91. The quantitative estimate of drug-likeness (QED) is 0.579. The summed E-state index contributed by atoms with van der Waals surface area (Å²) in [6, 6.07) is 10.7. The average Bonchev–Trinajstić information content (AvgIpc) is 3.16. The standard InChI is InChI=1S/C23H22F2N2/c1-14-3-6-21-18(9-14)23-17-7-8-26(12-17)13-22(23)27(21)11-15(2)16-4-5-19(24)20(25)10-16/h3-6,9-11,17H,7-8,12-13H2,1-2H3/b15-11+. The fraction of sp³-hybridized carbons (Fsp3) is 0.304. The molecule has 2 nitrogen and oxygen atoms in total. The van der Waals surface area contributed by atoms with Crippen molar-refractivity contribution >= 4 is 22.7 Å². The molecule has 0 radical (unpaired) electrons. The first kappa shape index (κ1) is 16.7.